The fourth-order valence-corrected chi connectivity index (χ4v) is 0.267. The Kier molecular flexibility index (Phi) is 3.94. The third kappa shape index (κ3) is 2.39. The van der Waals surface area contributed by atoms with Crippen LogP contribution in [-0.2, 0) is 9.47 Å². The van der Waals surface area contributed by atoms with Crippen LogP contribution in [0.25, 0.3) is 0 Å². The largest absolute Gasteiger partial charge is 0.338 e. The van der Waals surface area contributed by atoms with E-state index >= 15 is 0 Å². The van der Waals surface area contributed by atoms with Crippen LogP contribution < -0.4 is 5.32 Å². The minimum Gasteiger partial charge on any atom is -0.338 e. The van der Waals surface area contributed by atoms with Gasteiger partial charge in [-0.25, -0.2) is 0 Å². The van der Waals surface area contributed by atoms with Crippen LogP contribution in [0.4, 0.5) is 0 Å². The van der Waals surface area contributed by atoms with Gasteiger partial charge in [0.2, 0.25) is 6.41 Å². The smallest absolute Gasteiger partial charge is 0.245 e. The molecule has 4 nitrogen and oxygen atoms in total. The van der Waals surface area contributed by atoms with E-state index in [2.05, 4.69) is 14.8 Å². The van der Waals surface area contributed by atoms with Crippen molar-refractivity contribution < 1.29 is 9.47 Å². The topological polar surface area (TPSA) is 54.3 Å². The molecule has 46 valence electrons. The summed E-state index contributed by atoms with van der Waals surface area (Å²) in [6.45, 7) is 0. The molecule has 8 heavy (non-hydrogen) atoms. The van der Waals surface area contributed by atoms with Crippen molar-refractivity contribution >= 4 is 0 Å². The lowest BCUT2D eigenvalue weighted by atomic mass is 11.0. The maximum Gasteiger partial charge on any atom is 0.245 e. The first kappa shape index (κ1) is 7.21. The van der Waals surface area contributed by atoms with Crippen molar-refractivity contribution in [3.05, 3.63) is 0 Å². The van der Waals surface area contributed by atoms with Gasteiger partial charge in [0.25, 0.3) is 0 Å². The van der Waals surface area contributed by atoms with Crippen LogP contribution in [0.2, 0.25) is 0 Å². The predicted octanol–water partition coefficient (Wildman–Crippen LogP) is -0.367. The molecule has 0 aromatic carbocycles. The summed E-state index contributed by atoms with van der Waals surface area (Å²) in [5.41, 5.74) is 0. The van der Waals surface area contributed by atoms with E-state index in [0.717, 1.165) is 0 Å². The van der Waals surface area contributed by atoms with E-state index in [1.807, 2.05) is 0 Å². The quantitative estimate of drug-likeness (QED) is 0.310. The van der Waals surface area contributed by atoms with E-state index in [1.54, 1.807) is 6.19 Å². The van der Waals surface area contributed by atoms with Gasteiger partial charge in [0, 0.05) is 14.2 Å². The van der Waals surface area contributed by atoms with Crippen LogP contribution in [0.3, 0.4) is 0 Å². The van der Waals surface area contributed by atoms with Crippen molar-refractivity contribution in [1.29, 1.82) is 5.26 Å². The monoisotopic (exact) mass is 116 g/mol. The van der Waals surface area contributed by atoms with Crippen molar-refractivity contribution in [2.24, 2.45) is 0 Å². The summed E-state index contributed by atoms with van der Waals surface area (Å²) in [7, 11) is 2.89. The zero-order chi connectivity index (χ0) is 6.41. The van der Waals surface area contributed by atoms with Crippen LogP contribution in [0, 0.1) is 11.5 Å². The molecule has 0 saturated carbocycles. The van der Waals surface area contributed by atoms with E-state index in [1.165, 1.54) is 14.2 Å². The van der Waals surface area contributed by atoms with Gasteiger partial charge in [-0.15, -0.1) is 0 Å². The Bertz CT molecular complexity index is 84.5. The third-order valence-electron chi connectivity index (χ3n) is 0.611. The van der Waals surface area contributed by atoms with Gasteiger partial charge in [-0.1, -0.05) is 0 Å². The van der Waals surface area contributed by atoms with E-state index in [0.29, 0.717) is 0 Å². The Hall–Kier alpha value is -0.790. The van der Waals surface area contributed by atoms with E-state index in [9.17, 15) is 0 Å². The molecular formula is C4H8N2O2. The highest BCUT2D eigenvalue weighted by Gasteiger charge is 1.98. The molecule has 0 atom stereocenters. The molecule has 0 aliphatic rings. The first-order valence-electron chi connectivity index (χ1n) is 2.05. The zero-order valence-corrected chi connectivity index (χ0v) is 4.84. The Labute approximate surface area is 48.0 Å². The van der Waals surface area contributed by atoms with Crippen molar-refractivity contribution in [3.63, 3.8) is 0 Å². The molecule has 0 unspecified atom stereocenters. The molecular weight excluding hydrogens is 108 g/mol. The molecule has 0 bridgehead atoms. The molecule has 0 amide bonds. The SMILES string of the molecule is COC(NC#N)OC. The number of ether oxygens (including phenoxy) is 2. The molecule has 0 saturated heterocycles. The molecule has 0 radical (unpaired) electrons. The highest BCUT2D eigenvalue weighted by Crippen LogP contribution is 1.80. The van der Waals surface area contributed by atoms with Gasteiger partial charge in [-0.3, -0.25) is 5.32 Å². The number of nitrogens with zero attached hydrogens (tertiary/aromatic N) is 1. The molecule has 0 aliphatic heterocycles. The molecule has 0 aromatic rings. The second-order valence-corrected chi connectivity index (χ2v) is 1.06. The number of nitriles is 1. The van der Waals surface area contributed by atoms with E-state index in [4.69, 9.17) is 5.26 Å². The summed E-state index contributed by atoms with van der Waals surface area (Å²) in [5, 5.41) is 10.2. The molecule has 1 N–H and O–H groups in total. The summed E-state index contributed by atoms with van der Waals surface area (Å²) in [4.78, 5) is 0. The van der Waals surface area contributed by atoms with Gasteiger partial charge in [-0.05, 0) is 0 Å². The minimum absolute atomic E-state index is 0.611. The third-order valence-corrected chi connectivity index (χ3v) is 0.611. The summed E-state index contributed by atoms with van der Waals surface area (Å²) in [6, 6.07) is 0. The lowest BCUT2D eigenvalue weighted by Gasteiger charge is -2.08. The average Bonchev–Trinajstić information content (AvgIpc) is 1.83. The van der Waals surface area contributed by atoms with Gasteiger partial charge in [0.05, 0.1) is 0 Å². The maximum absolute atomic E-state index is 7.98. The second kappa shape index (κ2) is 4.37. The van der Waals surface area contributed by atoms with Gasteiger partial charge in [0.1, 0.15) is 0 Å². The highest BCUT2D eigenvalue weighted by atomic mass is 16.7. The predicted molar refractivity (Wildman–Crippen MR) is 26.6 cm³/mol. The minimum atomic E-state index is -0.611. The maximum atomic E-state index is 7.98. The first-order valence-corrected chi connectivity index (χ1v) is 2.05. The Morgan fingerprint density at radius 1 is 1.50 bits per heavy atom. The summed E-state index contributed by atoms with van der Waals surface area (Å²) in [6.07, 6.45) is 1.06. The highest BCUT2D eigenvalue weighted by molar-refractivity contribution is 4.62. The Morgan fingerprint density at radius 3 is 2.12 bits per heavy atom. The second-order valence-electron chi connectivity index (χ2n) is 1.06. The Balaban J connectivity index is 3.25. The van der Waals surface area contributed by atoms with Crippen LogP contribution in [-0.4, -0.2) is 20.6 Å². The first-order chi connectivity index (χ1) is 3.85. The van der Waals surface area contributed by atoms with Crippen LogP contribution in [0.5, 0.6) is 0 Å². The standard InChI is InChI=1S/C4H8N2O2/c1-7-4(8-2)6-3-5/h4,6H,1-2H3. The molecule has 0 heterocycles. The van der Waals surface area contributed by atoms with Crippen molar-refractivity contribution in [1.82, 2.24) is 5.32 Å². The van der Waals surface area contributed by atoms with Gasteiger partial charge < -0.3 is 9.47 Å². The van der Waals surface area contributed by atoms with Gasteiger partial charge in [0.15, 0.2) is 6.19 Å². The summed E-state index contributed by atoms with van der Waals surface area (Å²) < 4.78 is 9.17. The van der Waals surface area contributed by atoms with Gasteiger partial charge in [-0.2, -0.15) is 5.26 Å². The van der Waals surface area contributed by atoms with Crippen molar-refractivity contribution in [2.45, 2.75) is 6.41 Å². The molecule has 4 heteroatoms. The lowest BCUT2D eigenvalue weighted by molar-refractivity contribution is -0.113. The number of hydrogen-bond acceptors (Lipinski definition) is 4. The molecule has 0 fully saturated rings. The number of methoxy groups -OCH3 is 2. The number of rotatable bonds is 3. The molecule has 0 aromatic heterocycles. The number of hydrogen-bond donors (Lipinski definition) is 1. The van der Waals surface area contributed by atoms with E-state index in [-0.39, 0.29) is 0 Å². The normalized spacial score (nSPS) is 8.75. The number of nitrogens with one attached hydrogen (secondary N) is 1. The van der Waals surface area contributed by atoms with Crippen LogP contribution >= 0.6 is 0 Å². The summed E-state index contributed by atoms with van der Waals surface area (Å²) in [5.74, 6) is 0. The van der Waals surface area contributed by atoms with E-state index < -0.39 is 6.41 Å². The zero-order valence-electron chi connectivity index (χ0n) is 4.84. The van der Waals surface area contributed by atoms with Crippen LogP contribution in [0.15, 0.2) is 0 Å². The molecule has 0 spiro atoms. The fourth-order valence-electron chi connectivity index (χ4n) is 0.267. The molecule has 0 rings (SSSR count). The van der Waals surface area contributed by atoms with Crippen molar-refractivity contribution in [2.75, 3.05) is 14.2 Å². The molecule has 0 aliphatic carbocycles. The lowest BCUT2D eigenvalue weighted by Crippen LogP contribution is -2.27. The fraction of sp³-hybridized carbons (Fsp3) is 0.750. The van der Waals surface area contributed by atoms with Crippen LogP contribution in [0.1, 0.15) is 0 Å². The Morgan fingerprint density at radius 2 is 2.00 bits per heavy atom. The van der Waals surface area contributed by atoms with Crippen molar-refractivity contribution in [3.8, 4) is 6.19 Å². The summed E-state index contributed by atoms with van der Waals surface area (Å²) >= 11 is 0. The van der Waals surface area contributed by atoms with Gasteiger partial charge >= 0.3 is 0 Å². The average molecular weight is 116 g/mol.